The maximum atomic E-state index is 11.5. The normalized spacial score (nSPS) is 9.53. The lowest BCUT2D eigenvalue weighted by molar-refractivity contribution is -0.116. The Bertz CT molecular complexity index is 347. The summed E-state index contributed by atoms with van der Waals surface area (Å²) in [4.78, 5) is 12.7. The van der Waals surface area contributed by atoms with Crippen molar-refractivity contribution in [3.63, 3.8) is 0 Å². The molecular weight excluding hydrogens is 256 g/mol. The van der Waals surface area contributed by atoms with Crippen LogP contribution in [0.1, 0.15) is 13.3 Å². The quantitative estimate of drug-likeness (QED) is 0.784. The minimum absolute atomic E-state index is 0. The van der Waals surface area contributed by atoms with Gasteiger partial charge in [-0.05, 0) is 31.0 Å². The standard InChI is InChI=1S/C12H18N2OS.ClH/c1-3-16-11-6-4-5-10(9-11)14-12(15)7-8-13-2;/h4-6,9,13H,3,7-8H2,1-2H3,(H,14,15);1H. The number of hydrogen-bond acceptors (Lipinski definition) is 3. The highest BCUT2D eigenvalue weighted by atomic mass is 35.5. The minimum atomic E-state index is 0. The average molecular weight is 275 g/mol. The van der Waals surface area contributed by atoms with E-state index in [2.05, 4.69) is 23.6 Å². The molecule has 0 unspecified atom stereocenters. The summed E-state index contributed by atoms with van der Waals surface area (Å²) < 4.78 is 0. The topological polar surface area (TPSA) is 41.1 Å². The van der Waals surface area contributed by atoms with E-state index in [1.807, 2.05) is 25.2 Å². The zero-order valence-corrected chi connectivity index (χ0v) is 11.8. The van der Waals surface area contributed by atoms with Crippen LogP contribution in [0.2, 0.25) is 0 Å². The number of hydrogen-bond donors (Lipinski definition) is 2. The molecule has 0 radical (unpaired) electrons. The molecule has 0 spiro atoms. The van der Waals surface area contributed by atoms with Crippen molar-refractivity contribution in [3.05, 3.63) is 24.3 Å². The first-order valence-corrected chi connectivity index (χ1v) is 6.42. The third kappa shape index (κ3) is 6.56. The maximum Gasteiger partial charge on any atom is 0.225 e. The van der Waals surface area contributed by atoms with Crippen LogP contribution in [0.5, 0.6) is 0 Å². The zero-order chi connectivity index (χ0) is 11.8. The lowest BCUT2D eigenvalue weighted by Gasteiger charge is -2.06. The van der Waals surface area contributed by atoms with Gasteiger partial charge in [-0.15, -0.1) is 24.2 Å². The molecule has 0 fully saturated rings. The van der Waals surface area contributed by atoms with Crippen molar-refractivity contribution in [3.8, 4) is 0 Å². The molecule has 0 heterocycles. The summed E-state index contributed by atoms with van der Waals surface area (Å²) in [6, 6.07) is 7.94. The third-order valence-corrected chi connectivity index (χ3v) is 2.91. The molecule has 0 aliphatic heterocycles. The van der Waals surface area contributed by atoms with E-state index in [0.717, 1.165) is 11.4 Å². The van der Waals surface area contributed by atoms with Crippen LogP contribution in [-0.2, 0) is 4.79 Å². The van der Waals surface area contributed by atoms with Gasteiger partial charge in [-0.3, -0.25) is 4.79 Å². The highest BCUT2D eigenvalue weighted by Crippen LogP contribution is 2.21. The smallest absolute Gasteiger partial charge is 0.225 e. The number of benzene rings is 1. The van der Waals surface area contributed by atoms with Crippen molar-refractivity contribution in [2.24, 2.45) is 0 Å². The largest absolute Gasteiger partial charge is 0.326 e. The fourth-order valence-corrected chi connectivity index (χ4v) is 2.01. The Labute approximate surface area is 113 Å². The molecule has 1 aromatic rings. The summed E-state index contributed by atoms with van der Waals surface area (Å²) in [7, 11) is 1.84. The van der Waals surface area contributed by atoms with E-state index in [4.69, 9.17) is 0 Å². The highest BCUT2D eigenvalue weighted by Gasteiger charge is 2.01. The summed E-state index contributed by atoms with van der Waals surface area (Å²) in [5.74, 6) is 1.09. The van der Waals surface area contributed by atoms with E-state index in [9.17, 15) is 4.79 Å². The molecule has 0 aromatic heterocycles. The fourth-order valence-electron chi connectivity index (χ4n) is 1.29. The van der Waals surface area contributed by atoms with Crippen LogP contribution >= 0.6 is 24.2 Å². The van der Waals surface area contributed by atoms with Crippen LogP contribution < -0.4 is 10.6 Å². The Morgan fingerprint density at radius 3 is 2.82 bits per heavy atom. The van der Waals surface area contributed by atoms with Crippen LogP contribution in [-0.4, -0.2) is 25.3 Å². The molecule has 0 bridgehead atoms. The molecule has 0 saturated carbocycles. The molecule has 17 heavy (non-hydrogen) atoms. The first kappa shape index (κ1) is 16.3. The SMILES string of the molecule is CCSc1cccc(NC(=O)CCNC)c1.Cl. The number of nitrogens with one attached hydrogen (secondary N) is 2. The monoisotopic (exact) mass is 274 g/mol. The number of anilines is 1. The van der Waals surface area contributed by atoms with Crippen LogP contribution in [0.3, 0.4) is 0 Å². The number of thioether (sulfide) groups is 1. The predicted octanol–water partition coefficient (Wildman–Crippen LogP) is 2.77. The molecule has 0 aliphatic carbocycles. The molecule has 3 nitrogen and oxygen atoms in total. The second-order valence-corrected chi connectivity index (χ2v) is 4.70. The lowest BCUT2D eigenvalue weighted by Crippen LogP contribution is -2.18. The Kier molecular flexibility index (Phi) is 8.94. The average Bonchev–Trinajstić information content (AvgIpc) is 2.27. The molecule has 0 aliphatic rings. The van der Waals surface area contributed by atoms with E-state index in [1.165, 1.54) is 4.90 Å². The van der Waals surface area contributed by atoms with Gasteiger partial charge in [-0.25, -0.2) is 0 Å². The first-order valence-electron chi connectivity index (χ1n) is 5.43. The van der Waals surface area contributed by atoms with Crippen molar-refractivity contribution >= 4 is 35.8 Å². The molecule has 96 valence electrons. The van der Waals surface area contributed by atoms with E-state index in [1.54, 1.807) is 11.8 Å². The Morgan fingerprint density at radius 1 is 1.41 bits per heavy atom. The van der Waals surface area contributed by atoms with Gasteiger partial charge in [0.25, 0.3) is 0 Å². The molecule has 1 amide bonds. The van der Waals surface area contributed by atoms with Crippen LogP contribution in [0.25, 0.3) is 0 Å². The second-order valence-electron chi connectivity index (χ2n) is 3.36. The molecule has 0 saturated heterocycles. The van der Waals surface area contributed by atoms with Crippen LogP contribution in [0, 0.1) is 0 Å². The number of amides is 1. The Hall–Kier alpha value is -0.710. The van der Waals surface area contributed by atoms with Gasteiger partial charge in [0.1, 0.15) is 0 Å². The fraction of sp³-hybridized carbons (Fsp3) is 0.417. The molecular formula is C12H19ClN2OS. The van der Waals surface area contributed by atoms with Gasteiger partial charge in [-0.2, -0.15) is 0 Å². The second kappa shape index (κ2) is 9.33. The summed E-state index contributed by atoms with van der Waals surface area (Å²) in [6.45, 7) is 2.82. The van der Waals surface area contributed by atoms with Gasteiger partial charge in [0.15, 0.2) is 0 Å². The van der Waals surface area contributed by atoms with Gasteiger partial charge in [0.2, 0.25) is 5.91 Å². The summed E-state index contributed by atoms with van der Waals surface area (Å²) in [6.07, 6.45) is 0.502. The number of carbonyl (C=O) groups is 1. The van der Waals surface area contributed by atoms with Crippen molar-refractivity contribution in [1.29, 1.82) is 0 Å². The highest BCUT2D eigenvalue weighted by molar-refractivity contribution is 7.99. The molecule has 1 rings (SSSR count). The van der Waals surface area contributed by atoms with Crippen molar-refractivity contribution in [2.45, 2.75) is 18.2 Å². The summed E-state index contributed by atoms with van der Waals surface area (Å²) in [5, 5.41) is 5.83. The number of halogens is 1. The summed E-state index contributed by atoms with van der Waals surface area (Å²) in [5.41, 5.74) is 0.875. The van der Waals surface area contributed by atoms with E-state index >= 15 is 0 Å². The van der Waals surface area contributed by atoms with Crippen molar-refractivity contribution < 1.29 is 4.79 Å². The summed E-state index contributed by atoms with van der Waals surface area (Å²) >= 11 is 1.77. The Balaban J connectivity index is 0.00000256. The zero-order valence-electron chi connectivity index (χ0n) is 10.2. The van der Waals surface area contributed by atoms with E-state index in [0.29, 0.717) is 13.0 Å². The Morgan fingerprint density at radius 2 is 2.18 bits per heavy atom. The van der Waals surface area contributed by atoms with Crippen LogP contribution in [0.15, 0.2) is 29.2 Å². The molecule has 1 aromatic carbocycles. The van der Waals surface area contributed by atoms with Gasteiger partial charge in [-0.1, -0.05) is 13.0 Å². The van der Waals surface area contributed by atoms with Gasteiger partial charge >= 0.3 is 0 Å². The van der Waals surface area contributed by atoms with Crippen molar-refractivity contribution in [1.82, 2.24) is 5.32 Å². The van der Waals surface area contributed by atoms with Crippen LogP contribution in [0.4, 0.5) is 5.69 Å². The molecule has 5 heteroatoms. The minimum Gasteiger partial charge on any atom is -0.326 e. The van der Waals surface area contributed by atoms with E-state index < -0.39 is 0 Å². The van der Waals surface area contributed by atoms with Crippen molar-refractivity contribution in [2.75, 3.05) is 24.7 Å². The number of carbonyl (C=O) groups excluding carboxylic acids is 1. The number of rotatable bonds is 6. The molecule has 0 atom stereocenters. The maximum absolute atomic E-state index is 11.5. The predicted molar refractivity (Wildman–Crippen MR) is 77.3 cm³/mol. The lowest BCUT2D eigenvalue weighted by atomic mass is 10.3. The van der Waals surface area contributed by atoms with Gasteiger partial charge in [0.05, 0.1) is 0 Å². The van der Waals surface area contributed by atoms with Gasteiger partial charge in [0, 0.05) is 23.5 Å². The first-order chi connectivity index (χ1) is 7.76. The molecule has 2 N–H and O–H groups in total. The van der Waals surface area contributed by atoms with Gasteiger partial charge < -0.3 is 10.6 Å². The van der Waals surface area contributed by atoms with E-state index in [-0.39, 0.29) is 18.3 Å². The third-order valence-electron chi connectivity index (χ3n) is 2.03.